The average Bonchev–Trinajstić information content (AvgIpc) is 2.49. The molecule has 2 aromatic rings. The lowest BCUT2D eigenvalue weighted by Crippen LogP contribution is -2.06. The maximum absolute atomic E-state index is 10.8. The summed E-state index contributed by atoms with van der Waals surface area (Å²) in [5.41, 5.74) is 1.41. The summed E-state index contributed by atoms with van der Waals surface area (Å²) < 4.78 is 1.44. The van der Waals surface area contributed by atoms with Gasteiger partial charge in [-0.25, -0.2) is 14.8 Å². The fourth-order valence-electron chi connectivity index (χ4n) is 1.20. The highest BCUT2D eigenvalue weighted by Crippen LogP contribution is 2.06. The van der Waals surface area contributed by atoms with Crippen molar-refractivity contribution in [3.05, 3.63) is 30.0 Å². The number of nitrogens with zero attached hydrogens (tertiary/aromatic N) is 3. The first-order valence-electron chi connectivity index (χ1n) is 3.71. The summed E-state index contributed by atoms with van der Waals surface area (Å²) >= 11 is 0. The second-order valence-electron chi connectivity index (χ2n) is 2.71. The fraction of sp³-hybridized carbons (Fsp3) is 0.125. The summed E-state index contributed by atoms with van der Waals surface area (Å²) in [6.45, 7) is 1.75. The van der Waals surface area contributed by atoms with E-state index in [2.05, 4.69) is 9.97 Å². The van der Waals surface area contributed by atoms with Gasteiger partial charge in [0.1, 0.15) is 12.0 Å². The van der Waals surface area contributed by atoms with Crippen molar-refractivity contribution in [3.8, 4) is 0 Å². The van der Waals surface area contributed by atoms with E-state index in [1.165, 1.54) is 23.0 Å². The number of rotatable bonds is 1. The molecule has 0 radical (unpaired) electrons. The fourth-order valence-corrected chi connectivity index (χ4v) is 1.20. The molecular weight excluding hydrogens is 170 g/mol. The second-order valence-corrected chi connectivity index (χ2v) is 2.71. The van der Waals surface area contributed by atoms with Crippen LogP contribution >= 0.6 is 0 Å². The van der Waals surface area contributed by atoms with E-state index in [1.54, 1.807) is 6.92 Å². The molecule has 5 heteroatoms. The molecule has 0 bridgehead atoms. The van der Waals surface area contributed by atoms with Gasteiger partial charge in [-0.1, -0.05) is 0 Å². The van der Waals surface area contributed by atoms with Crippen molar-refractivity contribution in [2.24, 2.45) is 0 Å². The van der Waals surface area contributed by atoms with Gasteiger partial charge in [0.2, 0.25) is 0 Å². The van der Waals surface area contributed by atoms with Crippen molar-refractivity contribution < 1.29 is 9.90 Å². The second kappa shape index (κ2) is 2.55. The Morgan fingerprint density at radius 2 is 2.38 bits per heavy atom. The molecule has 0 saturated heterocycles. The maximum atomic E-state index is 10.8. The predicted octanol–water partition coefficient (Wildman–Crippen LogP) is 0.736. The summed E-state index contributed by atoms with van der Waals surface area (Å²) in [4.78, 5) is 18.7. The van der Waals surface area contributed by atoms with Gasteiger partial charge in [0, 0.05) is 5.69 Å². The van der Waals surface area contributed by atoms with Crippen molar-refractivity contribution in [1.82, 2.24) is 14.4 Å². The molecule has 0 spiro atoms. The predicted molar refractivity (Wildman–Crippen MR) is 44.7 cm³/mol. The van der Waals surface area contributed by atoms with Gasteiger partial charge in [0.25, 0.3) is 0 Å². The van der Waals surface area contributed by atoms with Gasteiger partial charge in [-0.2, -0.15) is 0 Å². The smallest absolute Gasteiger partial charge is 0.353 e. The van der Waals surface area contributed by atoms with E-state index in [4.69, 9.17) is 5.11 Å². The Bertz CT molecular complexity index is 475. The van der Waals surface area contributed by atoms with Crippen LogP contribution in [0.25, 0.3) is 5.65 Å². The number of carboxylic acid groups (broad SMARTS) is 1. The number of imidazole rings is 1. The average molecular weight is 177 g/mol. The van der Waals surface area contributed by atoms with Gasteiger partial charge in [-0.3, -0.25) is 4.40 Å². The van der Waals surface area contributed by atoms with E-state index in [0.29, 0.717) is 11.3 Å². The molecule has 2 heterocycles. The van der Waals surface area contributed by atoms with Crippen LogP contribution in [0.3, 0.4) is 0 Å². The van der Waals surface area contributed by atoms with E-state index in [0.717, 1.165) is 0 Å². The Kier molecular flexibility index (Phi) is 1.51. The molecule has 0 saturated carbocycles. The topological polar surface area (TPSA) is 67.5 Å². The lowest BCUT2D eigenvalue weighted by atomic mass is 10.3. The molecule has 5 nitrogen and oxygen atoms in total. The third-order valence-corrected chi connectivity index (χ3v) is 1.73. The normalized spacial score (nSPS) is 10.5. The summed E-state index contributed by atoms with van der Waals surface area (Å²) in [5, 5.41) is 8.85. The molecule has 2 rings (SSSR count). The Balaban J connectivity index is 2.84. The Hall–Kier alpha value is -1.91. The zero-order valence-corrected chi connectivity index (χ0v) is 6.93. The molecule has 0 aromatic carbocycles. The highest BCUT2D eigenvalue weighted by Gasteiger charge is 2.09. The minimum Gasteiger partial charge on any atom is -0.477 e. The Morgan fingerprint density at radius 1 is 1.62 bits per heavy atom. The van der Waals surface area contributed by atoms with E-state index in [1.807, 2.05) is 0 Å². The molecule has 0 aliphatic carbocycles. The van der Waals surface area contributed by atoms with Gasteiger partial charge < -0.3 is 5.11 Å². The first-order valence-corrected chi connectivity index (χ1v) is 3.71. The minimum absolute atomic E-state index is 0.181. The van der Waals surface area contributed by atoms with Crippen LogP contribution in [-0.4, -0.2) is 25.4 Å². The van der Waals surface area contributed by atoms with Crippen molar-refractivity contribution in [2.75, 3.05) is 0 Å². The summed E-state index contributed by atoms with van der Waals surface area (Å²) in [5.74, 6) is -0.978. The first-order chi connectivity index (χ1) is 6.18. The highest BCUT2D eigenvalue weighted by atomic mass is 16.4. The summed E-state index contributed by atoms with van der Waals surface area (Å²) in [6, 6.07) is 1.51. The van der Waals surface area contributed by atoms with E-state index in [-0.39, 0.29) is 5.69 Å². The van der Waals surface area contributed by atoms with Crippen LogP contribution in [0.2, 0.25) is 0 Å². The lowest BCUT2D eigenvalue weighted by molar-refractivity contribution is 0.0688. The van der Waals surface area contributed by atoms with E-state index >= 15 is 0 Å². The minimum atomic E-state index is -0.978. The van der Waals surface area contributed by atoms with Crippen LogP contribution < -0.4 is 0 Å². The monoisotopic (exact) mass is 177 g/mol. The van der Waals surface area contributed by atoms with Crippen LogP contribution in [-0.2, 0) is 0 Å². The zero-order valence-electron chi connectivity index (χ0n) is 6.93. The van der Waals surface area contributed by atoms with Crippen LogP contribution in [0.4, 0.5) is 0 Å². The number of carbonyl (C=O) groups is 1. The van der Waals surface area contributed by atoms with Gasteiger partial charge in [-0.15, -0.1) is 0 Å². The Labute approximate surface area is 73.7 Å². The molecule has 0 aliphatic rings. The quantitative estimate of drug-likeness (QED) is 0.697. The van der Waals surface area contributed by atoms with Crippen molar-refractivity contribution in [3.63, 3.8) is 0 Å². The molecule has 0 aliphatic heterocycles. The number of fused-ring (bicyclic) bond motifs is 1. The number of aromatic nitrogens is 3. The van der Waals surface area contributed by atoms with Gasteiger partial charge in [-0.05, 0) is 13.0 Å². The molecule has 13 heavy (non-hydrogen) atoms. The van der Waals surface area contributed by atoms with Gasteiger partial charge >= 0.3 is 5.97 Å². The van der Waals surface area contributed by atoms with Crippen molar-refractivity contribution in [1.29, 1.82) is 0 Å². The summed E-state index contributed by atoms with van der Waals surface area (Å²) in [7, 11) is 0. The number of hydrogen-bond donors (Lipinski definition) is 1. The molecule has 1 N–H and O–H groups in total. The molecule has 0 amide bonds. The number of aromatic carboxylic acids is 1. The SMILES string of the molecule is Cc1cc(C(=O)O)n2cncc2n1. The van der Waals surface area contributed by atoms with Crippen LogP contribution in [0, 0.1) is 6.92 Å². The van der Waals surface area contributed by atoms with Crippen molar-refractivity contribution >= 4 is 11.6 Å². The molecule has 66 valence electrons. The Morgan fingerprint density at radius 3 is 3.08 bits per heavy atom. The van der Waals surface area contributed by atoms with Crippen molar-refractivity contribution in [2.45, 2.75) is 6.92 Å². The van der Waals surface area contributed by atoms with E-state index < -0.39 is 5.97 Å². The largest absolute Gasteiger partial charge is 0.477 e. The molecular formula is C8H7N3O2. The molecule has 0 unspecified atom stereocenters. The number of aryl methyl sites for hydroxylation is 1. The van der Waals surface area contributed by atoms with Gasteiger partial charge in [0.15, 0.2) is 5.65 Å². The molecule has 2 aromatic heterocycles. The van der Waals surface area contributed by atoms with Gasteiger partial charge in [0.05, 0.1) is 6.20 Å². The van der Waals surface area contributed by atoms with Crippen LogP contribution in [0.1, 0.15) is 16.2 Å². The highest BCUT2D eigenvalue weighted by molar-refractivity contribution is 5.86. The molecule has 0 atom stereocenters. The lowest BCUT2D eigenvalue weighted by Gasteiger charge is -2.00. The zero-order chi connectivity index (χ0) is 9.42. The summed E-state index contributed by atoms with van der Waals surface area (Å²) in [6.07, 6.45) is 2.96. The van der Waals surface area contributed by atoms with Crippen LogP contribution in [0.5, 0.6) is 0 Å². The van der Waals surface area contributed by atoms with Crippen LogP contribution in [0.15, 0.2) is 18.6 Å². The third-order valence-electron chi connectivity index (χ3n) is 1.73. The number of hydrogen-bond acceptors (Lipinski definition) is 3. The third kappa shape index (κ3) is 1.14. The van der Waals surface area contributed by atoms with E-state index in [9.17, 15) is 4.79 Å². The standard InChI is InChI=1S/C8H7N3O2/c1-5-2-6(8(12)13)11-4-9-3-7(11)10-5/h2-4H,1H3,(H,12,13). The molecule has 0 fully saturated rings. The maximum Gasteiger partial charge on any atom is 0.353 e. The number of carboxylic acids is 1. The first kappa shape index (κ1) is 7.72.